The lowest BCUT2D eigenvalue weighted by Crippen LogP contribution is -2.39. The number of para-hydroxylation sites is 1. The second kappa shape index (κ2) is 7.40. The standard InChI is InChI=1S/C20H25N5OS/c1-13-19(14(2)24(3)23-13)22-18(26)12-25-10-6-7-15(11-25)20-21-16-8-4-5-9-17(16)27-20/h4-5,8-9,15H,6-7,10-12H2,1-3H3,(H,22,26)/t15-/m1/s1. The summed E-state index contributed by atoms with van der Waals surface area (Å²) in [5.74, 6) is 0.435. The van der Waals surface area contributed by atoms with Gasteiger partial charge in [-0.3, -0.25) is 14.4 Å². The van der Waals surface area contributed by atoms with E-state index in [9.17, 15) is 4.79 Å². The van der Waals surface area contributed by atoms with Gasteiger partial charge in [0.2, 0.25) is 5.91 Å². The smallest absolute Gasteiger partial charge is 0.238 e. The zero-order chi connectivity index (χ0) is 19.0. The summed E-state index contributed by atoms with van der Waals surface area (Å²) in [5, 5.41) is 8.60. The molecule has 0 aliphatic carbocycles. The number of fused-ring (bicyclic) bond motifs is 1. The van der Waals surface area contributed by atoms with Crippen molar-refractivity contribution in [3.05, 3.63) is 40.7 Å². The predicted octanol–water partition coefficient (Wildman–Crippen LogP) is 3.46. The molecule has 1 saturated heterocycles. The van der Waals surface area contributed by atoms with Crippen LogP contribution in [0.3, 0.4) is 0 Å². The molecule has 0 spiro atoms. The molecular formula is C20H25N5OS. The van der Waals surface area contributed by atoms with E-state index in [1.165, 1.54) is 9.71 Å². The second-order valence-electron chi connectivity index (χ2n) is 7.31. The van der Waals surface area contributed by atoms with E-state index in [1.807, 2.05) is 27.0 Å². The molecule has 1 N–H and O–H groups in total. The zero-order valence-corrected chi connectivity index (χ0v) is 16.8. The van der Waals surface area contributed by atoms with Gasteiger partial charge in [0.05, 0.1) is 38.8 Å². The Kier molecular flexibility index (Phi) is 4.97. The van der Waals surface area contributed by atoms with E-state index in [0.717, 1.165) is 48.5 Å². The SMILES string of the molecule is Cc1nn(C)c(C)c1NC(=O)CN1CCC[C@@H](c2nc3ccccc3s2)C1. The van der Waals surface area contributed by atoms with E-state index >= 15 is 0 Å². The number of aryl methyl sites for hydroxylation is 2. The van der Waals surface area contributed by atoms with Crippen LogP contribution in [0.4, 0.5) is 5.69 Å². The summed E-state index contributed by atoms with van der Waals surface area (Å²) in [6, 6.07) is 8.29. The van der Waals surface area contributed by atoms with Gasteiger partial charge in [0.25, 0.3) is 0 Å². The summed E-state index contributed by atoms with van der Waals surface area (Å²) in [6.07, 6.45) is 2.23. The first-order chi connectivity index (χ1) is 13.0. The van der Waals surface area contributed by atoms with Crippen LogP contribution in [0.1, 0.15) is 35.2 Å². The first kappa shape index (κ1) is 18.1. The lowest BCUT2D eigenvalue weighted by molar-refractivity contribution is -0.117. The van der Waals surface area contributed by atoms with Gasteiger partial charge in [-0.1, -0.05) is 12.1 Å². The number of thiazole rings is 1. The number of piperidine rings is 1. The van der Waals surface area contributed by atoms with Gasteiger partial charge in [-0.05, 0) is 45.4 Å². The molecule has 27 heavy (non-hydrogen) atoms. The lowest BCUT2D eigenvalue weighted by atomic mass is 9.99. The van der Waals surface area contributed by atoms with Crippen molar-refractivity contribution in [3.8, 4) is 0 Å². The molecule has 7 heteroatoms. The lowest BCUT2D eigenvalue weighted by Gasteiger charge is -2.31. The highest BCUT2D eigenvalue weighted by molar-refractivity contribution is 7.18. The van der Waals surface area contributed by atoms with Crippen molar-refractivity contribution in [2.45, 2.75) is 32.6 Å². The van der Waals surface area contributed by atoms with Crippen LogP contribution in [-0.2, 0) is 11.8 Å². The normalized spacial score (nSPS) is 18.1. The van der Waals surface area contributed by atoms with Gasteiger partial charge in [-0.25, -0.2) is 4.98 Å². The number of hydrogen-bond acceptors (Lipinski definition) is 5. The van der Waals surface area contributed by atoms with Crippen molar-refractivity contribution in [2.24, 2.45) is 7.05 Å². The fraction of sp³-hybridized carbons (Fsp3) is 0.450. The van der Waals surface area contributed by atoms with Gasteiger partial charge in [0.1, 0.15) is 0 Å². The zero-order valence-electron chi connectivity index (χ0n) is 16.0. The molecule has 1 aromatic carbocycles. The van der Waals surface area contributed by atoms with Gasteiger partial charge in [-0.15, -0.1) is 11.3 Å². The highest BCUT2D eigenvalue weighted by Gasteiger charge is 2.25. The van der Waals surface area contributed by atoms with E-state index in [1.54, 1.807) is 16.0 Å². The quantitative estimate of drug-likeness (QED) is 0.749. The Morgan fingerprint density at radius 2 is 2.15 bits per heavy atom. The highest BCUT2D eigenvalue weighted by atomic mass is 32.1. The third-order valence-electron chi connectivity index (χ3n) is 5.31. The molecule has 4 rings (SSSR count). The fourth-order valence-electron chi connectivity index (χ4n) is 3.80. The number of carbonyl (C=O) groups excluding carboxylic acids is 1. The summed E-state index contributed by atoms with van der Waals surface area (Å²) >= 11 is 1.78. The molecule has 3 heterocycles. The maximum atomic E-state index is 12.6. The van der Waals surface area contributed by atoms with Gasteiger partial charge in [0.15, 0.2) is 0 Å². The highest BCUT2D eigenvalue weighted by Crippen LogP contribution is 2.32. The topological polar surface area (TPSA) is 63.1 Å². The Morgan fingerprint density at radius 1 is 1.33 bits per heavy atom. The molecule has 1 aliphatic rings. The van der Waals surface area contributed by atoms with Crippen molar-refractivity contribution in [1.29, 1.82) is 0 Å². The summed E-state index contributed by atoms with van der Waals surface area (Å²) in [6.45, 7) is 6.15. The average Bonchev–Trinajstić information content (AvgIpc) is 3.19. The number of aromatic nitrogens is 3. The number of nitrogens with zero attached hydrogens (tertiary/aromatic N) is 4. The van der Waals surface area contributed by atoms with Crippen LogP contribution in [0.25, 0.3) is 10.2 Å². The third kappa shape index (κ3) is 3.75. The van der Waals surface area contributed by atoms with Crippen LogP contribution in [0.5, 0.6) is 0 Å². The molecule has 3 aromatic rings. The largest absolute Gasteiger partial charge is 0.322 e. The number of rotatable bonds is 4. The minimum absolute atomic E-state index is 0.0270. The monoisotopic (exact) mass is 383 g/mol. The number of likely N-dealkylation sites (tertiary alicyclic amines) is 1. The Bertz CT molecular complexity index is 943. The van der Waals surface area contributed by atoms with Crippen LogP contribution < -0.4 is 5.32 Å². The first-order valence-electron chi connectivity index (χ1n) is 9.39. The van der Waals surface area contributed by atoms with Crippen LogP contribution >= 0.6 is 11.3 Å². The van der Waals surface area contributed by atoms with E-state index in [4.69, 9.17) is 4.98 Å². The van der Waals surface area contributed by atoms with E-state index in [2.05, 4.69) is 33.5 Å². The minimum Gasteiger partial charge on any atom is -0.322 e. The van der Waals surface area contributed by atoms with E-state index in [-0.39, 0.29) is 5.91 Å². The van der Waals surface area contributed by atoms with Gasteiger partial charge in [0, 0.05) is 19.5 Å². The molecular weight excluding hydrogens is 358 g/mol. The van der Waals surface area contributed by atoms with Crippen molar-refractivity contribution >= 4 is 33.1 Å². The summed E-state index contributed by atoms with van der Waals surface area (Å²) in [7, 11) is 1.89. The molecule has 0 bridgehead atoms. The van der Waals surface area contributed by atoms with E-state index in [0.29, 0.717) is 12.5 Å². The molecule has 1 amide bonds. The van der Waals surface area contributed by atoms with Crippen molar-refractivity contribution < 1.29 is 4.79 Å². The Balaban J connectivity index is 1.41. The van der Waals surface area contributed by atoms with Crippen molar-refractivity contribution in [3.63, 3.8) is 0 Å². The number of nitrogens with one attached hydrogen (secondary N) is 1. The van der Waals surface area contributed by atoms with Crippen LogP contribution in [-0.4, -0.2) is 45.2 Å². The fourth-order valence-corrected chi connectivity index (χ4v) is 4.90. The second-order valence-corrected chi connectivity index (χ2v) is 8.37. The van der Waals surface area contributed by atoms with Crippen molar-refractivity contribution in [1.82, 2.24) is 19.7 Å². The molecule has 0 radical (unpaired) electrons. The Labute approximate surface area is 163 Å². The molecule has 1 fully saturated rings. The third-order valence-corrected chi connectivity index (χ3v) is 6.50. The molecule has 1 atom stereocenters. The van der Waals surface area contributed by atoms with Gasteiger partial charge < -0.3 is 5.32 Å². The summed E-state index contributed by atoms with van der Waals surface area (Å²) in [5.41, 5.74) is 3.75. The van der Waals surface area contributed by atoms with Crippen LogP contribution in [0, 0.1) is 13.8 Å². The molecule has 1 aliphatic heterocycles. The number of amides is 1. The maximum absolute atomic E-state index is 12.6. The Hall–Kier alpha value is -2.25. The number of anilines is 1. The maximum Gasteiger partial charge on any atom is 0.238 e. The molecule has 6 nitrogen and oxygen atoms in total. The summed E-state index contributed by atoms with van der Waals surface area (Å²) < 4.78 is 3.04. The predicted molar refractivity (Wildman–Crippen MR) is 109 cm³/mol. The minimum atomic E-state index is 0.0270. The van der Waals surface area contributed by atoms with Crippen LogP contribution in [0.15, 0.2) is 24.3 Å². The molecule has 142 valence electrons. The van der Waals surface area contributed by atoms with Gasteiger partial charge in [-0.2, -0.15) is 5.10 Å². The number of benzene rings is 1. The number of hydrogen-bond donors (Lipinski definition) is 1. The summed E-state index contributed by atoms with van der Waals surface area (Å²) in [4.78, 5) is 19.6. The average molecular weight is 384 g/mol. The molecule has 2 aromatic heterocycles. The Morgan fingerprint density at radius 3 is 2.89 bits per heavy atom. The van der Waals surface area contributed by atoms with Crippen molar-refractivity contribution in [2.75, 3.05) is 25.0 Å². The van der Waals surface area contributed by atoms with Gasteiger partial charge >= 0.3 is 0 Å². The van der Waals surface area contributed by atoms with Crippen LogP contribution in [0.2, 0.25) is 0 Å². The first-order valence-corrected chi connectivity index (χ1v) is 10.2. The number of carbonyl (C=O) groups is 1. The van der Waals surface area contributed by atoms with E-state index < -0.39 is 0 Å². The molecule has 0 saturated carbocycles. The molecule has 0 unspecified atom stereocenters.